The molecule has 1 saturated heterocycles. The van der Waals surface area contributed by atoms with E-state index in [2.05, 4.69) is 19.4 Å². The molecule has 23 heavy (non-hydrogen) atoms. The van der Waals surface area contributed by atoms with Gasteiger partial charge in [-0.2, -0.15) is 0 Å². The second-order valence-electron chi connectivity index (χ2n) is 5.23. The maximum atomic E-state index is 12.2. The van der Waals surface area contributed by atoms with Crippen LogP contribution in [0.5, 0.6) is 5.88 Å². The monoisotopic (exact) mass is 333 g/mol. The minimum absolute atomic E-state index is 0.0834. The lowest BCUT2D eigenvalue weighted by Gasteiger charge is -2.31. The zero-order valence-electron chi connectivity index (χ0n) is 12.4. The van der Waals surface area contributed by atoms with Gasteiger partial charge in [0.25, 0.3) is 0 Å². The number of nitrogens with two attached hydrogens (primary N) is 1. The smallest absolute Gasteiger partial charge is 0.448 e. The Balaban J connectivity index is 1.85. The van der Waals surface area contributed by atoms with Crippen molar-refractivity contribution in [1.29, 1.82) is 0 Å². The molecule has 0 saturated carbocycles. The van der Waals surface area contributed by atoms with Crippen LogP contribution in [-0.4, -0.2) is 48.6 Å². The van der Waals surface area contributed by atoms with Crippen molar-refractivity contribution >= 4 is 6.09 Å². The average molecular weight is 333 g/mol. The number of ether oxygens (including phenoxy) is 2. The van der Waals surface area contributed by atoms with E-state index in [9.17, 15) is 18.0 Å². The topological polar surface area (TPSA) is 77.7 Å². The molecule has 1 aromatic rings. The average Bonchev–Trinajstić information content (AvgIpc) is 2.46. The van der Waals surface area contributed by atoms with Gasteiger partial charge in [0.15, 0.2) is 0 Å². The van der Waals surface area contributed by atoms with E-state index < -0.39 is 18.3 Å². The highest BCUT2D eigenvalue weighted by atomic mass is 19.4. The van der Waals surface area contributed by atoms with Crippen LogP contribution in [-0.2, 0) is 4.74 Å². The predicted octanol–water partition coefficient (Wildman–Crippen LogP) is 2.25. The Kier molecular flexibility index (Phi) is 5.64. The van der Waals surface area contributed by atoms with Crippen molar-refractivity contribution < 1.29 is 27.4 Å². The summed E-state index contributed by atoms with van der Waals surface area (Å²) < 4.78 is 45.2. The summed E-state index contributed by atoms with van der Waals surface area (Å²) in [6, 6.07) is 4.41. The van der Waals surface area contributed by atoms with Gasteiger partial charge in [-0.25, -0.2) is 9.78 Å². The van der Waals surface area contributed by atoms with Gasteiger partial charge in [-0.15, -0.1) is 13.2 Å². The van der Waals surface area contributed by atoms with E-state index in [4.69, 9.17) is 5.73 Å². The Morgan fingerprint density at radius 1 is 1.35 bits per heavy atom. The number of carbonyl (C=O) groups is 1. The third-order valence-electron chi connectivity index (χ3n) is 3.62. The summed E-state index contributed by atoms with van der Waals surface area (Å²) in [5.41, 5.74) is 5.48. The third-order valence-corrected chi connectivity index (χ3v) is 3.62. The van der Waals surface area contributed by atoms with E-state index in [-0.39, 0.29) is 12.5 Å². The lowest BCUT2D eigenvalue weighted by molar-refractivity contribution is -0.276. The molecule has 1 aromatic heterocycles. The van der Waals surface area contributed by atoms with Crippen molar-refractivity contribution in [2.24, 2.45) is 5.73 Å². The number of rotatable bonds is 5. The second-order valence-corrected chi connectivity index (χ2v) is 5.23. The fourth-order valence-electron chi connectivity index (χ4n) is 2.56. The first-order valence-corrected chi connectivity index (χ1v) is 7.21. The predicted molar refractivity (Wildman–Crippen MR) is 74.9 cm³/mol. The van der Waals surface area contributed by atoms with E-state index in [1.165, 1.54) is 12.1 Å². The molecule has 0 aromatic carbocycles. The number of alkyl halides is 3. The number of halogens is 3. The highest BCUT2D eigenvalue weighted by Gasteiger charge is 2.32. The molecular weight excluding hydrogens is 315 g/mol. The Morgan fingerprint density at radius 2 is 2.04 bits per heavy atom. The minimum atomic E-state index is -4.74. The van der Waals surface area contributed by atoms with Crippen molar-refractivity contribution in [3.8, 4) is 5.88 Å². The third kappa shape index (κ3) is 5.93. The highest BCUT2D eigenvalue weighted by molar-refractivity contribution is 5.64. The number of hydrogen-bond donors (Lipinski definition) is 1. The van der Waals surface area contributed by atoms with Crippen LogP contribution >= 0.6 is 0 Å². The zero-order chi connectivity index (χ0) is 16.9. The second kappa shape index (κ2) is 7.49. The zero-order valence-corrected chi connectivity index (χ0v) is 12.4. The molecular formula is C14H18F3N3O3. The summed E-state index contributed by atoms with van der Waals surface area (Å²) in [6.45, 7) is 2.31. The van der Waals surface area contributed by atoms with Crippen molar-refractivity contribution in [1.82, 2.24) is 9.88 Å². The van der Waals surface area contributed by atoms with E-state index in [1.54, 1.807) is 6.07 Å². The number of likely N-dealkylation sites (tertiary alicyclic amines) is 1. The number of amides is 1. The number of aromatic nitrogens is 1. The Bertz CT molecular complexity index is 531. The summed E-state index contributed by atoms with van der Waals surface area (Å²) in [4.78, 5) is 16.5. The van der Waals surface area contributed by atoms with Gasteiger partial charge >= 0.3 is 12.5 Å². The van der Waals surface area contributed by atoms with Crippen molar-refractivity contribution in [2.75, 3.05) is 26.2 Å². The lowest BCUT2D eigenvalue weighted by Crippen LogP contribution is -2.36. The van der Waals surface area contributed by atoms with Crippen molar-refractivity contribution in [3.63, 3.8) is 0 Å². The van der Waals surface area contributed by atoms with Crippen LogP contribution < -0.4 is 10.5 Å². The summed E-state index contributed by atoms with van der Waals surface area (Å²) in [5, 5.41) is 0. The molecule has 6 nitrogen and oxygen atoms in total. The summed E-state index contributed by atoms with van der Waals surface area (Å²) >= 11 is 0. The molecule has 1 aliphatic rings. The van der Waals surface area contributed by atoms with Gasteiger partial charge in [-0.3, -0.25) is 4.90 Å². The Labute approximate surface area is 131 Å². The van der Waals surface area contributed by atoms with E-state index in [0.717, 1.165) is 25.9 Å². The number of pyridine rings is 1. The van der Waals surface area contributed by atoms with Gasteiger partial charge in [0.1, 0.15) is 6.61 Å². The molecule has 0 unspecified atom stereocenters. The summed E-state index contributed by atoms with van der Waals surface area (Å²) in [5.74, 6) is -0.354. The van der Waals surface area contributed by atoms with E-state index in [0.29, 0.717) is 12.2 Å². The molecule has 2 rings (SSSR count). The van der Waals surface area contributed by atoms with Gasteiger partial charge in [0.2, 0.25) is 5.88 Å². The van der Waals surface area contributed by atoms with Crippen LogP contribution in [0, 0.1) is 0 Å². The molecule has 128 valence electrons. The molecule has 1 fully saturated rings. The molecule has 0 atom stereocenters. The van der Waals surface area contributed by atoms with Crippen LogP contribution in [0.25, 0.3) is 0 Å². The molecule has 1 aliphatic heterocycles. The molecule has 1 amide bonds. The maximum Gasteiger partial charge on any atom is 0.574 e. The minimum Gasteiger partial charge on any atom is -0.448 e. The Morgan fingerprint density at radius 3 is 2.65 bits per heavy atom. The van der Waals surface area contributed by atoms with E-state index in [1.807, 2.05) is 0 Å². The molecule has 0 radical (unpaired) electrons. The Hall–Kier alpha value is -2.03. The van der Waals surface area contributed by atoms with Gasteiger partial charge in [0, 0.05) is 24.2 Å². The van der Waals surface area contributed by atoms with Gasteiger partial charge < -0.3 is 15.2 Å². The van der Waals surface area contributed by atoms with Crippen molar-refractivity contribution in [3.05, 3.63) is 23.9 Å². The molecule has 9 heteroatoms. The fourth-order valence-corrected chi connectivity index (χ4v) is 2.56. The molecule has 0 spiro atoms. The number of hydrogen-bond acceptors (Lipinski definition) is 5. The van der Waals surface area contributed by atoms with Crippen LogP contribution in [0.15, 0.2) is 18.2 Å². The van der Waals surface area contributed by atoms with Gasteiger partial charge in [-0.05, 0) is 32.0 Å². The highest BCUT2D eigenvalue weighted by Crippen LogP contribution is 2.29. The van der Waals surface area contributed by atoms with E-state index >= 15 is 0 Å². The number of nitrogens with zero attached hydrogens (tertiary/aromatic N) is 2. The maximum absolute atomic E-state index is 12.2. The van der Waals surface area contributed by atoms with Gasteiger partial charge in [-0.1, -0.05) is 6.07 Å². The van der Waals surface area contributed by atoms with Gasteiger partial charge in [0.05, 0.1) is 0 Å². The van der Waals surface area contributed by atoms with Crippen molar-refractivity contribution in [2.45, 2.75) is 25.1 Å². The summed E-state index contributed by atoms with van der Waals surface area (Å²) in [7, 11) is 0. The number of primary amides is 1. The standard InChI is InChI=1S/C14H18F3N3O3/c15-14(16,17)23-12-3-1-2-11(19-12)10-4-6-20(7-5-10)8-9-22-13(18)21/h1-3,10H,4-9H2,(H2,18,21). The molecule has 2 N–H and O–H groups in total. The largest absolute Gasteiger partial charge is 0.574 e. The molecule has 0 bridgehead atoms. The first-order chi connectivity index (χ1) is 10.8. The van der Waals surface area contributed by atoms with Crippen LogP contribution in [0.1, 0.15) is 24.5 Å². The number of piperidine rings is 1. The SMILES string of the molecule is NC(=O)OCCN1CCC(c2cccc(OC(F)(F)F)n2)CC1. The lowest BCUT2D eigenvalue weighted by atomic mass is 9.93. The van der Waals surface area contributed by atoms with Crippen LogP contribution in [0.4, 0.5) is 18.0 Å². The molecule has 0 aliphatic carbocycles. The fraction of sp³-hybridized carbons (Fsp3) is 0.571. The first kappa shape index (κ1) is 17.3. The number of carbonyl (C=O) groups excluding carboxylic acids is 1. The molecule has 2 heterocycles. The quantitative estimate of drug-likeness (QED) is 0.894. The summed E-state index contributed by atoms with van der Waals surface area (Å²) in [6.07, 6.45) is -4.02. The van der Waals surface area contributed by atoms with Crippen LogP contribution in [0.2, 0.25) is 0 Å². The normalized spacial score (nSPS) is 17.0. The van der Waals surface area contributed by atoms with Crippen LogP contribution in [0.3, 0.4) is 0 Å². The first-order valence-electron chi connectivity index (χ1n) is 7.21.